The van der Waals surface area contributed by atoms with Crippen molar-refractivity contribution in [2.24, 2.45) is 0 Å². The van der Waals surface area contributed by atoms with Gasteiger partial charge in [-0.15, -0.1) is 0 Å². The molecule has 0 saturated carbocycles. The molecule has 0 unspecified atom stereocenters. The van der Waals surface area contributed by atoms with Gasteiger partial charge >= 0.3 is 6.18 Å². The van der Waals surface area contributed by atoms with Crippen molar-refractivity contribution in [2.45, 2.75) is 6.18 Å². The minimum Gasteiger partial charge on any atom is -0.468 e. The molecule has 16 heavy (non-hydrogen) atoms. The van der Waals surface area contributed by atoms with Crippen LogP contribution in [-0.4, -0.2) is 32.4 Å². The molecule has 0 atom stereocenters. The van der Waals surface area contributed by atoms with Crippen molar-refractivity contribution in [2.75, 3.05) is 6.61 Å². The summed E-state index contributed by atoms with van der Waals surface area (Å²) in [5.41, 5.74) is 0. The number of nitrogens with zero attached hydrogens (tertiary/aromatic N) is 4. The average Bonchev–Trinajstić information content (AvgIpc) is 2.60. The lowest BCUT2D eigenvalue weighted by Gasteiger charge is -2.09. The topological polar surface area (TPSA) is 52.3 Å². The maximum absolute atomic E-state index is 11.9. The summed E-state index contributed by atoms with van der Waals surface area (Å²) in [6.07, 6.45) is -3.29. The van der Waals surface area contributed by atoms with Gasteiger partial charge in [-0.05, 0) is 0 Å². The van der Waals surface area contributed by atoms with Crippen LogP contribution in [0.4, 0.5) is 13.2 Å². The molecule has 0 spiro atoms. The third kappa shape index (κ3) is 2.32. The van der Waals surface area contributed by atoms with Gasteiger partial charge in [-0.3, -0.25) is 0 Å². The lowest BCUT2D eigenvalue weighted by Crippen LogP contribution is -2.20. The Bertz CT molecular complexity index is 512. The SMILES string of the molecule is FC(F)(F)COc1cc(Cl)nc2ncnn12. The predicted molar refractivity (Wildman–Crippen MR) is 47.3 cm³/mol. The van der Waals surface area contributed by atoms with Crippen LogP contribution in [0, 0.1) is 0 Å². The zero-order valence-corrected chi connectivity index (χ0v) is 8.33. The zero-order valence-electron chi connectivity index (χ0n) is 7.57. The van der Waals surface area contributed by atoms with Gasteiger partial charge in [0.1, 0.15) is 11.5 Å². The first kappa shape index (κ1) is 10.9. The quantitative estimate of drug-likeness (QED) is 0.764. The Labute approximate surface area is 91.8 Å². The van der Waals surface area contributed by atoms with Crippen molar-refractivity contribution in [3.8, 4) is 5.88 Å². The van der Waals surface area contributed by atoms with E-state index in [4.69, 9.17) is 11.6 Å². The van der Waals surface area contributed by atoms with E-state index in [1.165, 1.54) is 0 Å². The molecule has 0 amide bonds. The monoisotopic (exact) mass is 252 g/mol. The summed E-state index contributed by atoms with van der Waals surface area (Å²) >= 11 is 5.58. The first-order valence-electron chi connectivity index (χ1n) is 4.01. The maximum atomic E-state index is 11.9. The molecule has 0 aromatic carbocycles. The van der Waals surface area contributed by atoms with Gasteiger partial charge in [-0.25, -0.2) is 0 Å². The highest BCUT2D eigenvalue weighted by molar-refractivity contribution is 6.29. The van der Waals surface area contributed by atoms with Crippen molar-refractivity contribution in [3.05, 3.63) is 17.5 Å². The summed E-state index contributed by atoms with van der Waals surface area (Å²) < 4.78 is 41.4. The second-order valence-corrected chi connectivity index (χ2v) is 3.18. The number of aromatic nitrogens is 4. The number of fused-ring (bicyclic) bond motifs is 1. The molecule has 2 aromatic heterocycles. The van der Waals surface area contributed by atoms with E-state index >= 15 is 0 Å². The van der Waals surface area contributed by atoms with Crippen LogP contribution >= 0.6 is 11.6 Å². The Balaban J connectivity index is 2.32. The van der Waals surface area contributed by atoms with Gasteiger partial charge in [0.25, 0.3) is 5.78 Å². The fraction of sp³-hybridized carbons (Fsp3) is 0.286. The van der Waals surface area contributed by atoms with Crippen molar-refractivity contribution < 1.29 is 17.9 Å². The fourth-order valence-corrected chi connectivity index (χ4v) is 1.19. The van der Waals surface area contributed by atoms with E-state index in [1.54, 1.807) is 0 Å². The molecule has 0 radical (unpaired) electrons. The van der Waals surface area contributed by atoms with Gasteiger partial charge in [-0.1, -0.05) is 11.6 Å². The Morgan fingerprint density at radius 1 is 1.44 bits per heavy atom. The van der Waals surface area contributed by atoms with Gasteiger partial charge < -0.3 is 4.74 Å². The molecule has 0 aliphatic heterocycles. The number of ether oxygens (including phenoxy) is 1. The average molecular weight is 253 g/mol. The Morgan fingerprint density at radius 3 is 2.88 bits per heavy atom. The number of rotatable bonds is 2. The highest BCUT2D eigenvalue weighted by Gasteiger charge is 2.29. The minimum atomic E-state index is -4.43. The van der Waals surface area contributed by atoms with E-state index < -0.39 is 12.8 Å². The molecular weight excluding hydrogens is 249 g/mol. The Morgan fingerprint density at radius 2 is 2.19 bits per heavy atom. The van der Waals surface area contributed by atoms with Crippen LogP contribution in [0.2, 0.25) is 5.15 Å². The molecule has 2 aromatic rings. The van der Waals surface area contributed by atoms with E-state index in [1.807, 2.05) is 0 Å². The molecule has 0 aliphatic carbocycles. The molecule has 0 N–H and O–H groups in total. The van der Waals surface area contributed by atoms with Crippen LogP contribution in [-0.2, 0) is 0 Å². The summed E-state index contributed by atoms with van der Waals surface area (Å²) in [6.45, 7) is -1.43. The minimum absolute atomic E-state index is 0.0160. The standard InChI is InChI=1S/C7H4ClF3N4O/c8-4-1-5(16-2-7(9,10)11)15-6(14-4)12-3-13-15/h1,3H,2H2. The number of alkyl halides is 3. The van der Waals surface area contributed by atoms with Crippen molar-refractivity contribution in [3.63, 3.8) is 0 Å². The first-order chi connectivity index (χ1) is 7.46. The largest absolute Gasteiger partial charge is 0.468 e. The van der Waals surface area contributed by atoms with Crippen molar-refractivity contribution in [1.82, 2.24) is 19.6 Å². The molecule has 2 rings (SSSR count). The van der Waals surface area contributed by atoms with Gasteiger partial charge in [-0.2, -0.15) is 32.8 Å². The molecule has 5 nitrogen and oxygen atoms in total. The third-order valence-corrected chi connectivity index (χ3v) is 1.77. The predicted octanol–water partition coefficient (Wildman–Crippen LogP) is 1.72. The van der Waals surface area contributed by atoms with E-state index in [-0.39, 0.29) is 16.8 Å². The Hall–Kier alpha value is -1.57. The smallest absolute Gasteiger partial charge is 0.422 e. The molecule has 9 heteroatoms. The van der Waals surface area contributed by atoms with Gasteiger partial charge in [0.05, 0.1) is 0 Å². The molecule has 0 aliphatic rings. The van der Waals surface area contributed by atoms with Gasteiger partial charge in [0.2, 0.25) is 5.88 Å². The summed E-state index contributed by atoms with van der Waals surface area (Å²) in [4.78, 5) is 7.41. The second-order valence-electron chi connectivity index (χ2n) is 2.79. The van der Waals surface area contributed by atoms with E-state index in [9.17, 15) is 13.2 Å². The second kappa shape index (κ2) is 3.78. The van der Waals surface area contributed by atoms with Crippen LogP contribution in [0.15, 0.2) is 12.4 Å². The molecule has 2 heterocycles. The first-order valence-corrected chi connectivity index (χ1v) is 4.39. The van der Waals surface area contributed by atoms with Crippen LogP contribution < -0.4 is 4.74 Å². The summed E-state index contributed by atoms with van der Waals surface area (Å²) in [5, 5.41) is 3.64. The van der Waals surface area contributed by atoms with Crippen LogP contribution in [0.3, 0.4) is 0 Å². The molecule has 86 valence electrons. The number of halogens is 4. The molecule has 0 fully saturated rings. The molecule has 0 bridgehead atoms. The normalized spacial score (nSPS) is 12.0. The van der Waals surface area contributed by atoms with Crippen LogP contribution in [0.1, 0.15) is 0 Å². The van der Waals surface area contributed by atoms with Gasteiger partial charge in [0.15, 0.2) is 6.61 Å². The third-order valence-electron chi connectivity index (χ3n) is 1.57. The van der Waals surface area contributed by atoms with E-state index in [0.717, 1.165) is 16.9 Å². The summed E-state index contributed by atoms with van der Waals surface area (Å²) in [5.74, 6) is -0.0884. The van der Waals surface area contributed by atoms with Crippen molar-refractivity contribution in [1.29, 1.82) is 0 Å². The Kier molecular flexibility index (Phi) is 2.58. The van der Waals surface area contributed by atoms with Crippen LogP contribution in [0.5, 0.6) is 5.88 Å². The van der Waals surface area contributed by atoms with E-state index in [2.05, 4.69) is 19.8 Å². The molecule has 0 saturated heterocycles. The lowest BCUT2D eigenvalue weighted by atomic mass is 10.6. The van der Waals surface area contributed by atoms with E-state index in [0.29, 0.717) is 0 Å². The van der Waals surface area contributed by atoms with Crippen LogP contribution in [0.25, 0.3) is 5.78 Å². The summed E-state index contributed by atoms with van der Waals surface area (Å²) in [7, 11) is 0. The summed E-state index contributed by atoms with van der Waals surface area (Å²) in [6, 6.07) is 1.13. The highest BCUT2D eigenvalue weighted by atomic mass is 35.5. The highest BCUT2D eigenvalue weighted by Crippen LogP contribution is 2.20. The fourth-order valence-electron chi connectivity index (χ4n) is 1.02. The van der Waals surface area contributed by atoms with Gasteiger partial charge in [0, 0.05) is 6.07 Å². The number of hydrogen-bond acceptors (Lipinski definition) is 4. The molecular formula is C7H4ClF3N4O. The van der Waals surface area contributed by atoms with Crippen molar-refractivity contribution >= 4 is 17.4 Å². The maximum Gasteiger partial charge on any atom is 0.422 e. The lowest BCUT2D eigenvalue weighted by molar-refractivity contribution is -0.154. The number of hydrogen-bond donors (Lipinski definition) is 0. The zero-order chi connectivity index (χ0) is 11.8.